The summed E-state index contributed by atoms with van der Waals surface area (Å²) in [7, 11) is 0. The fourth-order valence-corrected chi connectivity index (χ4v) is 2.61. The largest absolute Gasteiger partial charge is 0.397 e. The summed E-state index contributed by atoms with van der Waals surface area (Å²) >= 11 is 0. The SMILES string of the molecule is Nc1cccnc1CN1CCN(c2ccc(F)cc2)CC1. The molecule has 0 aliphatic carbocycles. The summed E-state index contributed by atoms with van der Waals surface area (Å²) in [4.78, 5) is 8.96. The van der Waals surface area contributed by atoms with Crippen molar-refractivity contribution in [3.63, 3.8) is 0 Å². The number of aromatic nitrogens is 1. The number of halogens is 1. The maximum absolute atomic E-state index is 13.0. The average molecular weight is 286 g/mol. The van der Waals surface area contributed by atoms with Crippen molar-refractivity contribution in [3.8, 4) is 0 Å². The van der Waals surface area contributed by atoms with Gasteiger partial charge >= 0.3 is 0 Å². The Bertz CT molecular complexity index is 591. The zero-order valence-corrected chi connectivity index (χ0v) is 11.9. The lowest BCUT2D eigenvalue weighted by Crippen LogP contribution is -2.46. The Labute approximate surface area is 124 Å². The van der Waals surface area contributed by atoms with E-state index in [-0.39, 0.29) is 5.82 Å². The van der Waals surface area contributed by atoms with Gasteiger partial charge in [-0.25, -0.2) is 4.39 Å². The monoisotopic (exact) mass is 286 g/mol. The van der Waals surface area contributed by atoms with Gasteiger partial charge in [-0.2, -0.15) is 0 Å². The van der Waals surface area contributed by atoms with Gasteiger partial charge in [-0.05, 0) is 36.4 Å². The molecule has 1 saturated heterocycles. The second kappa shape index (κ2) is 6.10. The van der Waals surface area contributed by atoms with Crippen LogP contribution in [0.2, 0.25) is 0 Å². The minimum absolute atomic E-state index is 0.192. The third-order valence-corrected chi connectivity index (χ3v) is 3.86. The Morgan fingerprint density at radius 1 is 1.05 bits per heavy atom. The van der Waals surface area contributed by atoms with Gasteiger partial charge in [0, 0.05) is 44.6 Å². The lowest BCUT2D eigenvalue weighted by Gasteiger charge is -2.36. The number of nitrogen functional groups attached to an aromatic ring is 1. The summed E-state index contributed by atoms with van der Waals surface area (Å²) in [5.41, 5.74) is 8.70. The highest BCUT2D eigenvalue weighted by Gasteiger charge is 2.18. The standard InChI is InChI=1S/C16H19FN4/c17-13-3-5-14(6-4-13)21-10-8-20(9-11-21)12-16-15(18)2-1-7-19-16/h1-7H,8-12,18H2. The third-order valence-electron chi connectivity index (χ3n) is 3.86. The first-order chi connectivity index (χ1) is 10.2. The third kappa shape index (κ3) is 3.31. The normalized spacial score (nSPS) is 16.1. The Balaban J connectivity index is 1.58. The Kier molecular flexibility index (Phi) is 4.01. The summed E-state index contributed by atoms with van der Waals surface area (Å²) in [6.07, 6.45) is 1.78. The van der Waals surface area contributed by atoms with Gasteiger partial charge in [0.05, 0.1) is 11.4 Å². The minimum atomic E-state index is -0.192. The topological polar surface area (TPSA) is 45.4 Å². The van der Waals surface area contributed by atoms with E-state index in [0.29, 0.717) is 0 Å². The number of hydrogen-bond donors (Lipinski definition) is 1. The summed E-state index contributed by atoms with van der Waals surface area (Å²) in [5, 5.41) is 0. The van der Waals surface area contributed by atoms with Crippen molar-refractivity contribution >= 4 is 11.4 Å². The summed E-state index contributed by atoms with van der Waals surface area (Å²) in [6.45, 7) is 4.54. The summed E-state index contributed by atoms with van der Waals surface area (Å²) < 4.78 is 13.0. The van der Waals surface area contributed by atoms with Crippen LogP contribution < -0.4 is 10.6 Å². The molecular formula is C16H19FN4. The van der Waals surface area contributed by atoms with Crippen LogP contribution in [-0.4, -0.2) is 36.1 Å². The van der Waals surface area contributed by atoms with Gasteiger partial charge in [0.25, 0.3) is 0 Å². The van der Waals surface area contributed by atoms with E-state index < -0.39 is 0 Å². The first kappa shape index (κ1) is 13.8. The number of anilines is 2. The van der Waals surface area contributed by atoms with Crippen LogP contribution in [0.5, 0.6) is 0 Å². The zero-order valence-electron chi connectivity index (χ0n) is 11.9. The van der Waals surface area contributed by atoms with E-state index in [4.69, 9.17) is 5.73 Å². The molecule has 21 heavy (non-hydrogen) atoms. The fraction of sp³-hybridized carbons (Fsp3) is 0.312. The summed E-state index contributed by atoms with van der Waals surface area (Å²) in [5.74, 6) is -0.192. The van der Waals surface area contributed by atoms with E-state index in [1.807, 2.05) is 24.3 Å². The minimum Gasteiger partial charge on any atom is -0.397 e. The van der Waals surface area contributed by atoms with Gasteiger partial charge in [-0.3, -0.25) is 9.88 Å². The molecule has 0 unspecified atom stereocenters. The smallest absolute Gasteiger partial charge is 0.123 e. The highest BCUT2D eigenvalue weighted by molar-refractivity contribution is 5.47. The van der Waals surface area contributed by atoms with Crippen LogP contribution in [0.25, 0.3) is 0 Å². The molecule has 1 aromatic heterocycles. The molecule has 2 heterocycles. The van der Waals surface area contributed by atoms with Crippen molar-refractivity contribution in [2.24, 2.45) is 0 Å². The van der Waals surface area contributed by atoms with Crippen molar-refractivity contribution in [2.75, 3.05) is 36.8 Å². The Hall–Kier alpha value is -2.14. The van der Waals surface area contributed by atoms with Gasteiger partial charge in [0.15, 0.2) is 0 Å². The van der Waals surface area contributed by atoms with Crippen molar-refractivity contribution < 1.29 is 4.39 Å². The number of benzene rings is 1. The molecule has 0 atom stereocenters. The number of nitrogens with two attached hydrogens (primary N) is 1. The highest BCUT2D eigenvalue weighted by atomic mass is 19.1. The first-order valence-electron chi connectivity index (χ1n) is 7.14. The molecular weight excluding hydrogens is 267 g/mol. The van der Waals surface area contributed by atoms with Crippen LogP contribution in [-0.2, 0) is 6.54 Å². The quantitative estimate of drug-likeness (QED) is 0.939. The molecule has 4 nitrogen and oxygen atoms in total. The molecule has 0 amide bonds. The van der Waals surface area contributed by atoms with Crippen LogP contribution in [0.1, 0.15) is 5.69 Å². The molecule has 0 bridgehead atoms. The van der Waals surface area contributed by atoms with Crippen molar-refractivity contribution in [1.82, 2.24) is 9.88 Å². The van der Waals surface area contributed by atoms with Crippen LogP contribution in [0.3, 0.4) is 0 Å². The molecule has 0 saturated carbocycles. The number of nitrogens with zero attached hydrogens (tertiary/aromatic N) is 3. The molecule has 1 aromatic carbocycles. The second-order valence-corrected chi connectivity index (χ2v) is 5.28. The molecule has 2 aromatic rings. The van der Waals surface area contributed by atoms with E-state index in [1.165, 1.54) is 12.1 Å². The van der Waals surface area contributed by atoms with Crippen LogP contribution in [0.4, 0.5) is 15.8 Å². The predicted molar refractivity (Wildman–Crippen MR) is 82.5 cm³/mol. The number of pyridine rings is 1. The Morgan fingerprint density at radius 2 is 1.76 bits per heavy atom. The van der Waals surface area contributed by atoms with E-state index in [1.54, 1.807) is 6.20 Å². The summed E-state index contributed by atoms with van der Waals surface area (Å²) in [6, 6.07) is 10.4. The van der Waals surface area contributed by atoms with E-state index >= 15 is 0 Å². The van der Waals surface area contributed by atoms with Crippen molar-refractivity contribution in [2.45, 2.75) is 6.54 Å². The molecule has 0 radical (unpaired) electrons. The van der Waals surface area contributed by atoms with Gasteiger partial charge in [-0.1, -0.05) is 0 Å². The zero-order chi connectivity index (χ0) is 14.7. The van der Waals surface area contributed by atoms with E-state index in [9.17, 15) is 4.39 Å². The maximum Gasteiger partial charge on any atom is 0.123 e. The molecule has 1 fully saturated rings. The average Bonchev–Trinajstić information content (AvgIpc) is 2.51. The van der Waals surface area contributed by atoms with E-state index in [2.05, 4.69) is 14.8 Å². The van der Waals surface area contributed by atoms with Gasteiger partial charge in [0.1, 0.15) is 5.82 Å². The first-order valence-corrected chi connectivity index (χ1v) is 7.14. The molecule has 110 valence electrons. The highest BCUT2D eigenvalue weighted by Crippen LogP contribution is 2.18. The lowest BCUT2D eigenvalue weighted by atomic mass is 10.2. The van der Waals surface area contributed by atoms with Crippen molar-refractivity contribution in [1.29, 1.82) is 0 Å². The predicted octanol–water partition coefficient (Wildman–Crippen LogP) is 2.13. The number of rotatable bonds is 3. The van der Waals surface area contributed by atoms with Gasteiger partial charge in [0.2, 0.25) is 0 Å². The molecule has 2 N–H and O–H groups in total. The van der Waals surface area contributed by atoms with Gasteiger partial charge in [-0.15, -0.1) is 0 Å². The molecule has 0 spiro atoms. The fourth-order valence-electron chi connectivity index (χ4n) is 2.61. The Morgan fingerprint density at radius 3 is 2.43 bits per heavy atom. The molecule has 3 rings (SSSR count). The molecule has 1 aliphatic rings. The maximum atomic E-state index is 13.0. The molecule has 1 aliphatic heterocycles. The van der Waals surface area contributed by atoms with Crippen LogP contribution >= 0.6 is 0 Å². The van der Waals surface area contributed by atoms with Crippen molar-refractivity contribution in [3.05, 3.63) is 54.1 Å². The van der Waals surface area contributed by atoms with Gasteiger partial charge < -0.3 is 10.6 Å². The van der Waals surface area contributed by atoms with Crippen LogP contribution in [0.15, 0.2) is 42.6 Å². The van der Waals surface area contributed by atoms with E-state index in [0.717, 1.165) is 49.8 Å². The number of piperazine rings is 1. The van der Waals surface area contributed by atoms with Crippen LogP contribution in [0, 0.1) is 5.82 Å². The number of hydrogen-bond acceptors (Lipinski definition) is 4. The lowest BCUT2D eigenvalue weighted by molar-refractivity contribution is 0.247. The molecule has 5 heteroatoms. The second-order valence-electron chi connectivity index (χ2n) is 5.28.